The normalized spacial score (nSPS) is 22.2. The summed E-state index contributed by atoms with van der Waals surface area (Å²) in [5, 5.41) is 0. The number of hydrogen-bond donors (Lipinski definition) is 0. The average molecular weight is 288 g/mol. The van der Waals surface area contributed by atoms with Crippen molar-refractivity contribution >= 4 is 5.97 Å². The van der Waals surface area contributed by atoms with Gasteiger partial charge in [0.2, 0.25) is 0 Å². The van der Waals surface area contributed by atoms with Crippen LogP contribution in [-0.2, 0) is 20.8 Å². The summed E-state index contributed by atoms with van der Waals surface area (Å²) in [6.07, 6.45) is 8.65. The molecule has 5 heteroatoms. The number of pyridine rings is 1. The largest absolute Gasteiger partial charge is 0.466 e. The van der Waals surface area contributed by atoms with E-state index in [1.807, 2.05) is 38.4 Å². The van der Waals surface area contributed by atoms with Crippen molar-refractivity contribution in [2.24, 2.45) is 0 Å². The first-order valence-electron chi connectivity index (χ1n) is 6.88. The lowest BCUT2D eigenvalue weighted by Crippen LogP contribution is -2.38. The minimum absolute atomic E-state index is 0.0320. The van der Waals surface area contributed by atoms with Gasteiger partial charge in [-0.2, -0.15) is 0 Å². The summed E-state index contributed by atoms with van der Waals surface area (Å²) < 4.78 is 10.5. The van der Waals surface area contributed by atoms with Crippen LogP contribution in [0.3, 0.4) is 0 Å². The predicted octanol–water partition coefficient (Wildman–Crippen LogP) is 2.26. The van der Waals surface area contributed by atoms with Gasteiger partial charge < -0.3 is 14.4 Å². The smallest absolute Gasteiger partial charge is 0.330 e. The molecule has 0 radical (unpaired) electrons. The first-order valence-corrected chi connectivity index (χ1v) is 6.88. The fourth-order valence-corrected chi connectivity index (χ4v) is 2.14. The molecule has 5 nitrogen and oxygen atoms in total. The summed E-state index contributed by atoms with van der Waals surface area (Å²) in [5.41, 5.74) is 2.04. The topological polar surface area (TPSA) is 51.7 Å². The summed E-state index contributed by atoms with van der Waals surface area (Å²) in [5.74, 6) is -0.375. The molecule has 21 heavy (non-hydrogen) atoms. The average Bonchev–Trinajstić information content (AvgIpc) is 2.49. The minimum atomic E-state index is -0.375. The second-order valence-electron chi connectivity index (χ2n) is 4.90. The van der Waals surface area contributed by atoms with Crippen molar-refractivity contribution in [3.8, 4) is 0 Å². The van der Waals surface area contributed by atoms with Crippen LogP contribution in [0, 0.1) is 0 Å². The summed E-state index contributed by atoms with van der Waals surface area (Å²) >= 11 is 0. The maximum Gasteiger partial charge on any atom is 0.330 e. The Morgan fingerprint density at radius 3 is 3.00 bits per heavy atom. The number of carbonyl (C=O) groups excluding carboxylic acids is 1. The molecule has 0 bridgehead atoms. The van der Waals surface area contributed by atoms with E-state index in [1.165, 1.54) is 13.2 Å². The third-order valence-electron chi connectivity index (χ3n) is 3.35. The van der Waals surface area contributed by atoms with E-state index >= 15 is 0 Å². The van der Waals surface area contributed by atoms with E-state index in [0.717, 1.165) is 11.1 Å². The molecule has 0 saturated heterocycles. The number of nitrogens with zero attached hydrogens (tertiary/aromatic N) is 2. The highest BCUT2D eigenvalue weighted by Gasteiger charge is 2.22. The first kappa shape index (κ1) is 15.3. The predicted molar refractivity (Wildman–Crippen MR) is 79.0 cm³/mol. The molecule has 0 unspecified atom stereocenters. The molecule has 2 heterocycles. The molecule has 0 spiro atoms. The van der Waals surface area contributed by atoms with Crippen molar-refractivity contribution in [2.45, 2.75) is 32.7 Å². The third-order valence-corrected chi connectivity index (χ3v) is 3.35. The molecule has 1 aliphatic heterocycles. The Morgan fingerprint density at radius 1 is 1.52 bits per heavy atom. The maximum absolute atomic E-state index is 11.2. The minimum Gasteiger partial charge on any atom is -0.466 e. The molecule has 2 atom stereocenters. The van der Waals surface area contributed by atoms with Crippen LogP contribution < -0.4 is 0 Å². The molecule has 112 valence electrons. The van der Waals surface area contributed by atoms with Crippen molar-refractivity contribution in [1.82, 2.24) is 9.88 Å². The van der Waals surface area contributed by atoms with E-state index in [2.05, 4.69) is 14.6 Å². The number of rotatable bonds is 4. The van der Waals surface area contributed by atoms with Gasteiger partial charge in [-0.05, 0) is 37.1 Å². The summed E-state index contributed by atoms with van der Waals surface area (Å²) in [6, 6.07) is 3.94. The van der Waals surface area contributed by atoms with Gasteiger partial charge in [0, 0.05) is 31.2 Å². The van der Waals surface area contributed by atoms with E-state index < -0.39 is 0 Å². The molecule has 0 fully saturated rings. The van der Waals surface area contributed by atoms with Crippen molar-refractivity contribution in [1.29, 1.82) is 0 Å². The van der Waals surface area contributed by atoms with Crippen LogP contribution in [0.2, 0.25) is 0 Å². The number of methoxy groups -OCH3 is 1. The summed E-state index contributed by atoms with van der Waals surface area (Å²) in [6.45, 7) is 4.67. The summed E-state index contributed by atoms with van der Waals surface area (Å²) in [4.78, 5) is 17.4. The van der Waals surface area contributed by atoms with Gasteiger partial charge in [-0.25, -0.2) is 4.79 Å². The Kier molecular flexibility index (Phi) is 5.11. The molecular weight excluding hydrogens is 268 g/mol. The van der Waals surface area contributed by atoms with Gasteiger partial charge in [0.1, 0.15) is 6.23 Å². The Bertz CT molecular complexity index is 540. The van der Waals surface area contributed by atoms with E-state index in [0.29, 0.717) is 6.54 Å². The number of aromatic nitrogens is 1. The van der Waals surface area contributed by atoms with Gasteiger partial charge in [0.25, 0.3) is 0 Å². The number of esters is 1. The molecule has 1 aliphatic rings. The fourth-order valence-electron chi connectivity index (χ4n) is 2.14. The van der Waals surface area contributed by atoms with Crippen molar-refractivity contribution in [3.05, 3.63) is 54.0 Å². The van der Waals surface area contributed by atoms with Gasteiger partial charge in [-0.15, -0.1) is 0 Å². The maximum atomic E-state index is 11.2. The zero-order valence-electron chi connectivity index (χ0n) is 12.5. The quantitative estimate of drug-likeness (QED) is 0.628. The van der Waals surface area contributed by atoms with Crippen LogP contribution in [0.1, 0.15) is 19.4 Å². The SMILES string of the molecule is COC(=O)/C=C/C1=CN(Cc2cccnc2)[C@H](C)O[C@H]1C. The van der Waals surface area contributed by atoms with Gasteiger partial charge in [0.05, 0.1) is 13.2 Å². The first-order chi connectivity index (χ1) is 10.1. The molecule has 0 amide bonds. The van der Waals surface area contributed by atoms with Gasteiger partial charge >= 0.3 is 5.97 Å². The molecule has 0 aromatic carbocycles. The lowest BCUT2D eigenvalue weighted by atomic mass is 10.1. The lowest BCUT2D eigenvalue weighted by Gasteiger charge is -2.36. The van der Waals surface area contributed by atoms with Gasteiger partial charge in [0.15, 0.2) is 0 Å². The zero-order valence-corrected chi connectivity index (χ0v) is 12.5. The molecule has 1 aromatic rings. The molecule has 0 N–H and O–H groups in total. The zero-order chi connectivity index (χ0) is 15.2. The van der Waals surface area contributed by atoms with Crippen LogP contribution in [0.15, 0.2) is 48.5 Å². The Labute approximate surface area is 124 Å². The molecular formula is C16H20N2O3. The van der Waals surface area contributed by atoms with Crippen LogP contribution in [0.5, 0.6) is 0 Å². The highest BCUT2D eigenvalue weighted by molar-refractivity contribution is 5.82. The second-order valence-corrected chi connectivity index (χ2v) is 4.90. The summed E-state index contributed by atoms with van der Waals surface area (Å²) in [7, 11) is 1.36. The third kappa shape index (κ3) is 4.16. The van der Waals surface area contributed by atoms with E-state index in [4.69, 9.17) is 4.74 Å². The van der Waals surface area contributed by atoms with Crippen LogP contribution in [0.25, 0.3) is 0 Å². The number of ether oxygens (including phenoxy) is 2. The molecule has 0 aliphatic carbocycles. The van der Waals surface area contributed by atoms with Crippen molar-refractivity contribution in [2.75, 3.05) is 7.11 Å². The van der Waals surface area contributed by atoms with Crippen molar-refractivity contribution < 1.29 is 14.3 Å². The Balaban J connectivity index is 2.14. The van der Waals surface area contributed by atoms with E-state index in [1.54, 1.807) is 12.3 Å². The van der Waals surface area contributed by atoms with E-state index in [9.17, 15) is 4.79 Å². The highest BCUT2D eigenvalue weighted by atomic mass is 16.5. The second kappa shape index (κ2) is 7.04. The van der Waals surface area contributed by atoms with Gasteiger partial charge in [-0.3, -0.25) is 4.98 Å². The Hall–Kier alpha value is -2.14. The molecule has 2 rings (SSSR count). The number of hydrogen-bond acceptors (Lipinski definition) is 5. The van der Waals surface area contributed by atoms with Crippen LogP contribution in [0.4, 0.5) is 0 Å². The lowest BCUT2D eigenvalue weighted by molar-refractivity contribution is -0.134. The van der Waals surface area contributed by atoms with Gasteiger partial charge in [-0.1, -0.05) is 6.07 Å². The standard InChI is InChI=1S/C16H20N2O3/c1-12-15(6-7-16(19)20-3)11-18(13(2)21-12)10-14-5-4-8-17-9-14/h4-9,11-13H,10H2,1-3H3/b7-6+/t12-,13-/m0/s1. The van der Waals surface area contributed by atoms with Crippen LogP contribution >= 0.6 is 0 Å². The van der Waals surface area contributed by atoms with Crippen LogP contribution in [-0.4, -0.2) is 35.3 Å². The Morgan fingerprint density at radius 2 is 2.33 bits per heavy atom. The van der Waals surface area contributed by atoms with E-state index in [-0.39, 0.29) is 18.3 Å². The highest BCUT2D eigenvalue weighted by Crippen LogP contribution is 2.22. The fraction of sp³-hybridized carbons (Fsp3) is 0.375. The van der Waals surface area contributed by atoms with Crippen molar-refractivity contribution in [3.63, 3.8) is 0 Å². The monoisotopic (exact) mass is 288 g/mol. The molecule has 1 aromatic heterocycles. The molecule has 0 saturated carbocycles. The number of carbonyl (C=O) groups is 1.